The normalized spacial score (nSPS) is 10.1. The van der Waals surface area contributed by atoms with Crippen molar-refractivity contribution in [2.75, 3.05) is 0 Å². The molecule has 0 bridgehead atoms. The Labute approximate surface area is 119 Å². The molecule has 0 aliphatic rings. The molecule has 0 spiro atoms. The lowest BCUT2D eigenvalue weighted by atomic mass is 10.1. The Balaban J connectivity index is 2.04. The van der Waals surface area contributed by atoms with Gasteiger partial charge in [0.1, 0.15) is 17.2 Å². The summed E-state index contributed by atoms with van der Waals surface area (Å²) in [6.07, 6.45) is -0.239. The molecule has 0 atom stereocenters. The molecule has 7 nitrogen and oxygen atoms in total. The molecule has 2 aromatic rings. The number of carbonyl (C=O) groups excluding carboxylic acids is 1. The van der Waals surface area contributed by atoms with Gasteiger partial charge in [0, 0.05) is 17.7 Å². The second-order valence-corrected chi connectivity index (χ2v) is 4.21. The highest BCUT2D eigenvalue weighted by Crippen LogP contribution is 2.23. The maximum atomic E-state index is 11.7. The first-order chi connectivity index (χ1) is 9.95. The highest BCUT2D eigenvalue weighted by atomic mass is 16.6. The molecular weight excluding hydrogens is 278 g/mol. The van der Waals surface area contributed by atoms with Crippen LogP contribution < -0.4 is 4.74 Å². The van der Waals surface area contributed by atoms with E-state index in [1.165, 1.54) is 42.5 Å². The Morgan fingerprint density at radius 1 is 1.14 bits per heavy atom. The fraction of sp³-hybridized carbons (Fsp3) is 0.0714. The van der Waals surface area contributed by atoms with E-state index >= 15 is 0 Å². The van der Waals surface area contributed by atoms with Crippen molar-refractivity contribution in [3.05, 3.63) is 58.1 Å². The predicted octanol–water partition coefficient (Wildman–Crippen LogP) is 2.15. The van der Waals surface area contributed by atoms with Crippen molar-refractivity contribution in [2.45, 2.75) is 6.42 Å². The fourth-order valence-electron chi connectivity index (χ4n) is 1.67. The van der Waals surface area contributed by atoms with Gasteiger partial charge in [0.05, 0.1) is 11.3 Å². The Kier molecular flexibility index (Phi) is 4.03. The highest BCUT2D eigenvalue weighted by Gasteiger charge is 2.12. The summed E-state index contributed by atoms with van der Waals surface area (Å²) < 4.78 is 4.99. The number of esters is 1. The second-order valence-electron chi connectivity index (χ2n) is 4.21. The van der Waals surface area contributed by atoms with Crippen molar-refractivity contribution in [3.63, 3.8) is 0 Å². The molecule has 0 aliphatic heterocycles. The van der Waals surface area contributed by atoms with Gasteiger partial charge < -0.3 is 14.9 Å². The standard InChI is InChI=1S/C14H11NO6/c16-11-3-6-13(17)9(7-11)8-14(18)21-12-4-1-10(2-5-12)15(19)20/h1-7,16-17H,8H2. The molecule has 0 radical (unpaired) electrons. The zero-order chi connectivity index (χ0) is 15.4. The molecule has 2 rings (SSSR count). The minimum absolute atomic E-state index is 0.0778. The summed E-state index contributed by atoms with van der Waals surface area (Å²) in [5, 5.41) is 29.3. The Morgan fingerprint density at radius 2 is 1.81 bits per heavy atom. The maximum Gasteiger partial charge on any atom is 0.315 e. The summed E-state index contributed by atoms with van der Waals surface area (Å²) in [6.45, 7) is 0. The molecule has 2 aromatic carbocycles. The van der Waals surface area contributed by atoms with E-state index in [1.54, 1.807) is 0 Å². The largest absolute Gasteiger partial charge is 0.508 e. The molecule has 0 fully saturated rings. The number of aromatic hydroxyl groups is 2. The molecule has 2 N–H and O–H groups in total. The van der Waals surface area contributed by atoms with Crippen LogP contribution in [0.3, 0.4) is 0 Å². The lowest BCUT2D eigenvalue weighted by Crippen LogP contribution is -2.11. The van der Waals surface area contributed by atoms with E-state index in [0.717, 1.165) is 0 Å². The van der Waals surface area contributed by atoms with Gasteiger partial charge in [0.2, 0.25) is 0 Å². The number of non-ortho nitro benzene ring substituents is 1. The molecule has 0 heterocycles. The minimum Gasteiger partial charge on any atom is -0.508 e. The van der Waals surface area contributed by atoms with E-state index in [-0.39, 0.29) is 34.9 Å². The third kappa shape index (κ3) is 3.69. The van der Waals surface area contributed by atoms with Crippen LogP contribution in [0.1, 0.15) is 5.56 Å². The first-order valence-corrected chi connectivity index (χ1v) is 5.91. The average molecular weight is 289 g/mol. The number of phenols is 2. The predicted molar refractivity (Wildman–Crippen MR) is 72.2 cm³/mol. The van der Waals surface area contributed by atoms with Crippen LogP contribution in [0.4, 0.5) is 5.69 Å². The van der Waals surface area contributed by atoms with Crippen molar-refractivity contribution < 1.29 is 24.7 Å². The lowest BCUT2D eigenvalue weighted by Gasteiger charge is -2.06. The Morgan fingerprint density at radius 3 is 2.43 bits per heavy atom. The quantitative estimate of drug-likeness (QED) is 0.293. The highest BCUT2D eigenvalue weighted by molar-refractivity contribution is 5.76. The summed E-state index contributed by atoms with van der Waals surface area (Å²) in [4.78, 5) is 21.6. The molecule has 0 amide bonds. The first kappa shape index (κ1) is 14.3. The zero-order valence-electron chi connectivity index (χ0n) is 10.7. The van der Waals surface area contributed by atoms with Crippen molar-refractivity contribution in [3.8, 4) is 17.2 Å². The first-order valence-electron chi connectivity index (χ1n) is 5.91. The molecule has 0 aromatic heterocycles. The van der Waals surface area contributed by atoms with Crippen molar-refractivity contribution in [1.29, 1.82) is 0 Å². The van der Waals surface area contributed by atoms with Crippen LogP contribution in [-0.4, -0.2) is 21.1 Å². The van der Waals surface area contributed by atoms with Gasteiger partial charge in [0.15, 0.2) is 0 Å². The number of ether oxygens (including phenoxy) is 1. The number of hydrogen-bond donors (Lipinski definition) is 2. The van der Waals surface area contributed by atoms with Gasteiger partial charge >= 0.3 is 5.97 Å². The Bertz CT molecular complexity index is 680. The van der Waals surface area contributed by atoms with Crippen molar-refractivity contribution in [1.82, 2.24) is 0 Å². The van der Waals surface area contributed by atoms with Crippen LogP contribution in [0.2, 0.25) is 0 Å². The van der Waals surface area contributed by atoms with E-state index in [4.69, 9.17) is 4.74 Å². The van der Waals surface area contributed by atoms with E-state index in [1.807, 2.05) is 0 Å². The SMILES string of the molecule is O=C(Cc1cc(O)ccc1O)Oc1ccc([N+](=O)[O-])cc1. The summed E-state index contributed by atoms with van der Waals surface area (Å²) in [7, 11) is 0. The van der Waals surface area contributed by atoms with Crippen LogP contribution in [0.5, 0.6) is 17.2 Å². The number of nitro groups is 1. The number of benzene rings is 2. The minimum atomic E-state index is -0.662. The van der Waals surface area contributed by atoms with Gasteiger partial charge in [-0.2, -0.15) is 0 Å². The second kappa shape index (κ2) is 5.91. The molecule has 21 heavy (non-hydrogen) atoms. The van der Waals surface area contributed by atoms with Gasteiger partial charge in [-0.1, -0.05) is 0 Å². The number of nitro benzene ring substituents is 1. The van der Waals surface area contributed by atoms with Gasteiger partial charge in [-0.15, -0.1) is 0 Å². The molecule has 0 aliphatic carbocycles. The lowest BCUT2D eigenvalue weighted by molar-refractivity contribution is -0.384. The van der Waals surface area contributed by atoms with Gasteiger partial charge in [0.25, 0.3) is 5.69 Å². The van der Waals surface area contributed by atoms with Gasteiger partial charge in [-0.05, 0) is 30.3 Å². The summed E-state index contributed by atoms with van der Waals surface area (Å²) in [6, 6.07) is 8.86. The van der Waals surface area contributed by atoms with Gasteiger partial charge in [-0.3, -0.25) is 14.9 Å². The Hall–Kier alpha value is -3.09. The van der Waals surface area contributed by atoms with Crippen LogP contribution in [0, 0.1) is 10.1 Å². The molecule has 108 valence electrons. The van der Waals surface area contributed by atoms with Crippen molar-refractivity contribution >= 4 is 11.7 Å². The summed E-state index contributed by atoms with van der Waals surface area (Å²) in [5.41, 5.74) is 0.113. The van der Waals surface area contributed by atoms with E-state index in [9.17, 15) is 25.1 Å². The summed E-state index contributed by atoms with van der Waals surface area (Å²) in [5.74, 6) is -0.714. The van der Waals surface area contributed by atoms with E-state index < -0.39 is 10.9 Å². The van der Waals surface area contributed by atoms with Crippen LogP contribution in [-0.2, 0) is 11.2 Å². The topological polar surface area (TPSA) is 110 Å². The number of nitrogens with zero attached hydrogens (tertiary/aromatic N) is 1. The molecule has 7 heteroatoms. The zero-order valence-corrected chi connectivity index (χ0v) is 10.7. The van der Waals surface area contributed by atoms with Gasteiger partial charge in [-0.25, -0.2) is 0 Å². The fourth-order valence-corrected chi connectivity index (χ4v) is 1.67. The van der Waals surface area contributed by atoms with E-state index in [2.05, 4.69) is 0 Å². The molecular formula is C14H11NO6. The molecule has 0 saturated heterocycles. The number of hydrogen-bond acceptors (Lipinski definition) is 6. The number of carbonyl (C=O) groups is 1. The monoisotopic (exact) mass is 289 g/mol. The average Bonchev–Trinajstić information content (AvgIpc) is 2.43. The number of phenolic OH excluding ortho intramolecular Hbond substituents is 2. The van der Waals surface area contributed by atoms with Crippen molar-refractivity contribution in [2.24, 2.45) is 0 Å². The third-order valence-corrected chi connectivity index (χ3v) is 2.68. The maximum absolute atomic E-state index is 11.7. The smallest absolute Gasteiger partial charge is 0.315 e. The third-order valence-electron chi connectivity index (χ3n) is 2.68. The number of rotatable bonds is 4. The molecule has 0 saturated carbocycles. The summed E-state index contributed by atoms with van der Waals surface area (Å²) >= 11 is 0. The van der Waals surface area contributed by atoms with Crippen LogP contribution in [0.25, 0.3) is 0 Å². The van der Waals surface area contributed by atoms with Crippen LogP contribution >= 0.6 is 0 Å². The van der Waals surface area contributed by atoms with Crippen LogP contribution in [0.15, 0.2) is 42.5 Å². The van der Waals surface area contributed by atoms with E-state index in [0.29, 0.717) is 0 Å². The molecule has 0 unspecified atom stereocenters.